The largest absolute Gasteiger partial charge is 0.293 e. The summed E-state index contributed by atoms with van der Waals surface area (Å²) in [5.74, 6) is -0.388. The average Bonchev–Trinajstić information content (AvgIpc) is 2.52. The van der Waals surface area contributed by atoms with Crippen LogP contribution in [-0.4, -0.2) is 15.0 Å². The van der Waals surface area contributed by atoms with Gasteiger partial charge in [-0.25, -0.2) is 0 Å². The Morgan fingerprint density at radius 1 is 1.12 bits per heavy atom. The molecule has 3 atom stereocenters. The lowest BCUT2D eigenvalue weighted by atomic mass is 9.48. The minimum Gasteiger partial charge on any atom is -0.293 e. The number of ketones is 2. The maximum atomic E-state index is 12.6. The number of nitriles is 2. The van der Waals surface area contributed by atoms with E-state index in [2.05, 4.69) is 22.6 Å². The Kier molecular flexibility index (Phi) is 3.66. The zero-order valence-corrected chi connectivity index (χ0v) is 16.0. The summed E-state index contributed by atoms with van der Waals surface area (Å²) in [6.07, 6.45) is 6.64. The second kappa shape index (κ2) is 5.13. The lowest BCUT2D eigenvalue weighted by Crippen LogP contribution is -2.54. The molecule has 4 nitrogen and oxygen atoms in total. The third-order valence-corrected chi connectivity index (χ3v) is 7.28. The standard InChI is InChI=1S/C19H17IN2O2/c1-17(2)14-4-5-19(20)8-11(9-21)13(23)6-15(19)18(14,3)7-12(10-22)16(17)24/h6-8,14H,4-5H2,1-3H3. The zero-order chi connectivity index (χ0) is 17.9. The second-order valence-electron chi connectivity index (χ2n) is 7.55. The topological polar surface area (TPSA) is 81.7 Å². The maximum Gasteiger partial charge on any atom is 0.196 e. The molecule has 3 aliphatic rings. The highest BCUT2D eigenvalue weighted by Crippen LogP contribution is 2.62. The summed E-state index contributed by atoms with van der Waals surface area (Å²) in [5, 5.41) is 18.6. The molecule has 0 aliphatic heterocycles. The number of nitrogens with zero attached hydrogens (tertiary/aromatic N) is 2. The van der Waals surface area contributed by atoms with Crippen LogP contribution >= 0.6 is 22.6 Å². The van der Waals surface area contributed by atoms with Gasteiger partial charge in [-0.15, -0.1) is 0 Å². The molecule has 0 aromatic heterocycles. The third kappa shape index (κ3) is 2.07. The first-order valence-electron chi connectivity index (χ1n) is 7.87. The van der Waals surface area contributed by atoms with Crippen LogP contribution in [0.4, 0.5) is 0 Å². The summed E-state index contributed by atoms with van der Waals surface area (Å²) < 4.78 is -0.421. The molecule has 0 saturated heterocycles. The number of Topliss-reactive ketones (excluding diaryl/α,β-unsaturated/α-hetero) is 1. The van der Waals surface area contributed by atoms with Crippen molar-refractivity contribution >= 4 is 34.2 Å². The van der Waals surface area contributed by atoms with Crippen molar-refractivity contribution in [1.29, 1.82) is 10.5 Å². The molecule has 0 amide bonds. The van der Waals surface area contributed by atoms with E-state index in [9.17, 15) is 20.1 Å². The van der Waals surface area contributed by atoms with Crippen molar-refractivity contribution in [3.63, 3.8) is 0 Å². The van der Waals surface area contributed by atoms with Gasteiger partial charge >= 0.3 is 0 Å². The van der Waals surface area contributed by atoms with Crippen molar-refractivity contribution in [1.82, 2.24) is 0 Å². The highest BCUT2D eigenvalue weighted by Gasteiger charge is 2.59. The molecular weight excluding hydrogens is 415 g/mol. The van der Waals surface area contributed by atoms with E-state index in [4.69, 9.17) is 0 Å². The monoisotopic (exact) mass is 432 g/mol. The maximum absolute atomic E-state index is 12.6. The van der Waals surface area contributed by atoms with Crippen molar-refractivity contribution in [2.24, 2.45) is 16.7 Å². The molecule has 0 radical (unpaired) electrons. The predicted molar refractivity (Wildman–Crippen MR) is 96.9 cm³/mol. The highest BCUT2D eigenvalue weighted by atomic mass is 127. The molecular formula is C19H17IN2O2. The first-order chi connectivity index (χ1) is 11.1. The summed E-state index contributed by atoms with van der Waals surface area (Å²) in [4.78, 5) is 24.9. The van der Waals surface area contributed by atoms with Gasteiger partial charge in [0.1, 0.15) is 12.1 Å². The summed E-state index contributed by atoms with van der Waals surface area (Å²) in [6, 6.07) is 4.02. The smallest absolute Gasteiger partial charge is 0.196 e. The number of rotatable bonds is 0. The Bertz CT molecular complexity index is 850. The lowest BCUT2D eigenvalue weighted by molar-refractivity contribution is -0.129. The van der Waals surface area contributed by atoms with E-state index < -0.39 is 14.3 Å². The Labute approximate surface area is 155 Å². The van der Waals surface area contributed by atoms with Gasteiger partial charge < -0.3 is 0 Å². The molecule has 0 aromatic carbocycles. The molecule has 1 fully saturated rings. The van der Waals surface area contributed by atoms with E-state index >= 15 is 0 Å². The van der Waals surface area contributed by atoms with Crippen LogP contribution in [0.2, 0.25) is 0 Å². The van der Waals surface area contributed by atoms with Crippen molar-refractivity contribution in [2.45, 2.75) is 37.0 Å². The molecule has 122 valence electrons. The predicted octanol–water partition coefficient (Wildman–Crippen LogP) is 3.59. The Balaban J connectivity index is 2.26. The van der Waals surface area contributed by atoms with Gasteiger partial charge in [0.05, 0.1) is 14.6 Å². The van der Waals surface area contributed by atoms with Crippen LogP contribution in [0.15, 0.2) is 34.9 Å². The fraction of sp³-hybridized carbons (Fsp3) is 0.474. The fourth-order valence-corrected chi connectivity index (χ4v) is 6.05. The number of fused-ring (bicyclic) bond motifs is 3. The minimum absolute atomic E-state index is 0.0218. The lowest BCUT2D eigenvalue weighted by Gasteiger charge is -2.56. The van der Waals surface area contributed by atoms with E-state index in [-0.39, 0.29) is 28.6 Å². The summed E-state index contributed by atoms with van der Waals surface area (Å²) >= 11 is 2.31. The van der Waals surface area contributed by atoms with Crippen molar-refractivity contribution in [3.8, 4) is 12.1 Å². The van der Waals surface area contributed by atoms with Crippen LogP contribution < -0.4 is 0 Å². The highest BCUT2D eigenvalue weighted by molar-refractivity contribution is 14.1. The van der Waals surface area contributed by atoms with Gasteiger partial charge in [-0.2, -0.15) is 10.5 Å². The quantitative estimate of drug-likeness (QED) is 0.433. The van der Waals surface area contributed by atoms with Crippen LogP contribution in [0.1, 0.15) is 33.6 Å². The van der Waals surface area contributed by atoms with Crippen LogP contribution in [0.3, 0.4) is 0 Å². The molecule has 3 unspecified atom stereocenters. The van der Waals surface area contributed by atoms with Crippen LogP contribution in [-0.2, 0) is 9.59 Å². The van der Waals surface area contributed by atoms with Crippen molar-refractivity contribution in [3.05, 3.63) is 34.9 Å². The molecule has 0 N–H and O–H groups in total. The van der Waals surface area contributed by atoms with Gasteiger partial charge in [-0.1, -0.05) is 49.4 Å². The number of allylic oxidation sites excluding steroid dienone is 6. The van der Waals surface area contributed by atoms with Crippen LogP contribution in [0, 0.1) is 39.4 Å². The molecule has 0 heterocycles. The first-order valence-corrected chi connectivity index (χ1v) is 8.94. The first kappa shape index (κ1) is 17.1. The van der Waals surface area contributed by atoms with Crippen molar-refractivity contribution < 1.29 is 9.59 Å². The van der Waals surface area contributed by atoms with Gasteiger partial charge in [-0.05, 0) is 36.5 Å². The van der Waals surface area contributed by atoms with E-state index in [1.807, 2.05) is 32.9 Å². The van der Waals surface area contributed by atoms with Gasteiger partial charge in [0.25, 0.3) is 0 Å². The number of halogens is 1. The number of carbonyl (C=O) groups excluding carboxylic acids is 2. The van der Waals surface area contributed by atoms with E-state index in [1.165, 1.54) is 0 Å². The Morgan fingerprint density at radius 2 is 1.75 bits per heavy atom. The van der Waals surface area contributed by atoms with Crippen LogP contribution in [0.25, 0.3) is 0 Å². The van der Waals surface area contributed by atoms with Gasteiger partial charge in [-0.3, -0.25) is 9.59 Å². The van der Waals surface area contributed by atoms with Gasteiger partial charge in [0, 0.05) is 10.8 Å². The van der Waals surface area contributed by atoms with E-state index in [0.717, 1.165) is 18.4 Å². The molecule has 5 heteroatoms. The molecule has 1 saturated carbocycles. The third-order valence-electron chi connectivity index (χ3n) is 5.85. The number of carbonyl (C=O) groups is 2. The average molecular weight is 432 g/mol. The summed E-state index contributed by atoms with van der Waals surface area (Å²) in [5.41, 5.74) is 0.0443. The molecule has 3 aliphatic carbocycles. The summed E-state index contributed by atoms with van der Waals surface area (Å²) in [6.45, 7) is 5.80. The molecule has 0 aromatic rings. The normalized spacial score (nSPS) is 37.1. The van der Waals surface area contributed by atoms with Gasteiger partial charge in [0.2, 0.25) is 0 Å². The van der Waals surface area contributed by atoms with Crippen LogP contribution in [0.5, 0.6) is 0 Å². The summed E-state index contributed by atoms with van der Waals surface area (Å²) in [7, 11) is 0. The molecule has 3 rings (SSSR count). The van der Waals surface area contributed by atoms with Gasteiger partial charge in [0.15, 0.2) is 11.6 Å². The SMILES string of the molecule is CC1(C)C(=O)C(C#N)=CC2(C)C3=CC(=O)C(C#N)=CC3(I)CCC12. The Morgan fingerprint density at radius 3 is 2.33 bits per heavy atom. The molecule has 24 heavy (non-hydrogen) atoms. The fourth-order valence-electron chi connectivity index (χ4n) is 4.69. The second-order valence-corrected chi connectivity index (χ2v) is 9.47. The number of alkyl halides is 1. The number of hydrogen-bond acceptors (Lipinski definition) is 4. The number of hydrogen-bond donors (Lipinski definition) is 0. The molecule has 0 spiro atoms. The van der Waals surface area contributed by atoms with E-state index in [0.29, 0.717) is 0 Å². The Hall–Kier alpha value is -1.73. The van der Waals surface area contributed by atoms with E-state index in [1.54, 1.807) is 18.2 Å². The zero-order valence-electron chi connectivity index (χ0n) is 13.8. The molecule has 0 bridgehead atoms. The minimum atomic E-state index is -0.657. The van der Waals surface area contributed by atoms with Crippen molar-refractivity contribution in [2.75, 3.05) is 0 Å².